The van der Waals surface area contributed by atoms with Crippen molar-refractivity contribution in [3.05, 3.63) is 18.6 Å². The van der Waals surface area contributed by atoms with Crippen LogP contribution in [0.25, 0.3) is 11.0 Å². The molecule has 11 heteroatoms. The first-order chi connectivity index (χ1) is 15.7. The number of piperidine rings is 1. The van der Waals surface area contributed by atoms with Crippen LogP contribution >= 0.6 is 0 Å². The van der Waals surface area contributed by atoms with Gasteiger partial charge in [-0.1, -0.05) is 6.92 Å². The first-order valence-electron chi connectivity index (χ1n) is 11.7. The van der Waals surface area contributed by atoms with E-state index in [1.165, 1.54) is 4.31 Å². The number of aromatic amines is 1. The van der Waals surface area contributed by atoms with Crippen LogP contribution < -0.4 is 10.2 Å². The van der Waals surface area contributed by atoms with Gasteiger partial charge in [-0.05, 0) is 56.9 Å². The second-order valence-electron chi connectivity index (χ2n) is 9.50. The fourth-order valence-corrected chi connectivity index (χ4v) is 7.44. The number of sulfonamides is 1. The molecule has 3 N–H and O–H groups in total. The third-order valence-corrected chi connectivity index (χ3v) is 9.45. The van der Waals surface area contributed by atoms with Crippen molar-refractivity contribution in [2.24, 2.45) is 5.92 Å². The summed E-state index contributed by atoms with van der Waals surface area (Å²) in [4.78, 5) is 25.3. The number of fused-ring (bicyclic) bond motifs is 1. The Balaban J connectivity index is 1.36. The lowest BCUT2D eigenvalue weighted by molar-refractivity contribution is 0.145. The highest BCUT2D eigenvalue weighted by atomic mass is 32.2. The number of anilines is 1. The van der Waals surface area contributed by atoms with E-state index in [1.54, 1.807) is 6.33 Å². The number of nitrogens with zero attached hydrogens (tertiary/aromatic N) is 4. The van der Waals surface area contributed by atoms with E-state index in [0.29, 0.717) is 31.8 Å². The molecular formula is C22H34N6O4S. The van der Waals surface area contributed by atoms with Crippen molar-refractivity contribution in [2.45, 2.75) is 63.5 Å². The highest BCUT2D eigenvalue weighted by molar-refractivity contribution is 7.89. The minimum atomic E-state index is -3.45. The summed E-state index contributed by atoms with van der Waals surface area (Å²) in [6.07, 6.45) is 7.73. The Bertz CT molecular complexity index is 1080. The molecule has 0 aromatic carbocycles. The van der Waals surface area contributed by atoms with E-state index >= 15 is 0 Å². The average molecular weight is 479 g/mol. The number of amides is 1. The van der Waals surface area contributed by atoms with Crippen LogP contribution in [0.15, 0.2) is 18.6 Å². The van der Waals surface area contributed by atoms with E-state index in [4.69, 9.17) is 0 Å². The zero-order valence-corrected chi connectivity index (χ0v) is 20.1. The monoisotopic (exact) mass is 478 g/mol. The summed E-state index contributed by atoms with van der Waals surface area (Å²) in [5.41, 5.74) is 0.118. The van der Waals surface area contributed by atoms with Crippen LogP contribution in [0.2, 0.25) is 0 Å². The Labute approximate surface area is 194 Å². The summed E-state index contributed by atoms with van der Waals surface area (Å²) in [7, 11) is -1.40. The van der Waals surface area contributed by atoms with Gasteiger partial charge in [0, 0.05) is 32.4 Å². The van der Waals surface area contributed by atoms with Gasteiger partial charge < -0.3 is 20.3 Å². The number of nitrogens with one attached hydrogen (secondary N) is 2. The van der Waals surface area contributed by atoms with Crippen LogP contribution in [-0.4, -0.2) is 76.3 Å². The van der Waals surface area contributed by atoms with Gasteiger partial charge in [-0.2, -0.15) is 4.31 Å². The van der Waals surface area contributed by atoms with Gasteiger partial charge in [0.1, 0.15) is 17.8 Å². The molecule has 182 valence electrons. The maximum Gasteiger partial charge on any atom is 0.405 e. The highest BCUT2D eigenvalue weighted by Gasteiger charge is 2.40. The quantitative estimate of drug-likeness (QED) is 0.557. The number of carboxylic acid groups (broad SMARTS) is 1. The maximum atomic E-state index is 13.2. The van der Waals surface area contributed by atoms with Crippen molar-refractivity contribution < 1.29 is 18.3 Å². The van der Waals surface area contributed by atoms with E-state index in [0.717, 1.165) is 42.5 Å². The van der Waals surface area contributed by atoms with Crippen LogP contribution in [0, 0.1) is 5.92 Å². The number of hydrogen-bond acceptors (Lipinski definition) is 6. The molecule has 2 aromatic rings. The molecule has 1 unspecified atom stereocenters. The number of aromatic nitrogens is 3. The fourth-order valence-electron chi connectivity index (χ4n) is 5.45. The lowest BCUT2D eigenvalue weighted by Crippen LogP contribution is -2.59. The molecule has 3 heterocycles. The molecule has 0 bridgehead atoms. The summed E-state index contributed by atoms with van der Waals surface area (Å²) in [5, 5.41) is 12.8. The lowest BCUT2D eigenvalue weighted by Gasteiger charge is -2.42. The zero-order valence-electron chi connectivity index (χ0n) is 19.3. The van der Waals surface area contributed by atoms with Crippen LogP contribution in [0.5, 0.6) is 0 Å². The van der Waals surface area contributed by atoms with Crippen molar-refractivity contribution in [3.63, 3.8) is 0 Å². The third-order valence-electron chi connectivity index (χ3n) is 7.46. The molecule has 2 fully saturated rings. The summed E-state index contributed by atoms with van der Waals surface area (Å²) in [6, 6.07) is 2.28. The smallest absolute Gasteiger partial charge is 0.405 e. The molecule has 1 saturated heterocycles. The lowest BCUT2D eigenvalue weighted by atomic mass is 9.86. The van der Waals surface area contributed by atoms with Crippen molar-refractivity contribution in [2.75, 3.05) is 30.8 Å². The fraction of sp³-hybridized carbons (Fsp3) is 0.682. The third kappa shape index (κ3) is 5.08. The minimum Gasteiger partial charge on any atom is -0.465 e. The molecule has 1 saturated carbocycles. The van der Waals surface area contributed by atoms with Gasteiger partial charge in [-0.3, -0.25) is 0 Å². The molecule has 4 rings (SSSR count). The first kappa shape index (κ1) is 23.7. The van der Waals surface area contributed by atoms with Crippen molar-refractivity contribution in [1.29, 1.82) is 0 Å². The Hall–Kier alpha value is -2.40. The Morgan fingerprint density at radius 3 is 2.79 bits per heavy atom. The number of carbonyl (C=O) groups is 1. The minimum absolute atomic E-state index is 0.114. The number of hydrogen-bond donors (Lipinski definition) is 3. The normalized spacial score (nSPS) is 26.8. The Morgan fingerprint density at radius 2 is 2.09 bits per heavy atom. The highest BCUT2D eigenvalue weighted by Crippen LogP contribution is 2.33. The van der Waals surface area contributed by atoms with Gasteiger partial charge in [0.2, 0.25) is 10.0 Å². The van der Waals surface area contributed by atoms with E-state index in [9.17, 15) is 18.3 Å². The maximum absolute atomic E-state index is 13.2. The van der Waals surface area contributed by atoms with E-state index in [1.807, 2.05) is 26.2 Å². The van der Waals surface area contributed by atoms with Crippen LogP contribution in [0.4, 0.5) is 10.6 Å². The van der Waals surface area contributed by atoms with Gasteiger partial charge in [-0.15, -0.1) is 0 Å². The molecule has 1 amide bonds. The van der Waals surface area contributed by atoms with E-state index in [2.05, 4.69) is 25.2 Å². The van der Waals surface area contributed by atoms with Gasteiger partial charge in [-0.25, -0.2) is 23.2 Å². The zero-order chi connectivity index (χ0) is 23.6. The topological polar surface area (TPSA) is 132 Å². The Morgan fingerprint density at radius 1 is 1.33 bits per heavy atom. The van der Waals surface area contributed by atoms with Gasteiger partial charge in [0.25, 0.3) is 0 Å². The van der Waals surface area contributed by atoms with Crippen molar-refractivity contribution >= 4 is 33.0 Å². The first-order valence-corrected chi connectivity index (χ1v) is 13.3. The van der Waals surface area contributed by atoms with E-state index < -0.39 is 21.7 Å². The van der Waals surface area contributed by atoms with Gasteiger partial charge >= 0.3 is 6.09 Å². The average Bonchev–Trinajstić information content (AvgIpc) is 3.28. The SMILES string of the molecule is CCC1(NC(=O)O)CCCN(S(=O)(=O)CC2CCC(N(C)c3ncnc4[nH]ccc34)CC2)C1. The van der Waals surface area contributed by atoms with Crippen LogP contribution in [-0.2, 0) is 10.0 Å². The summed E-state index contributed by atoms with van der Waals surface area (Å²) < 4.78 is 27.9. The molecule has 2 aromatic heterocycles. The summed E-state index contributed by atoms with van der Waals surface area (Å²) >= 11 is 0. The Kier molecular flexibility index (Phi) is 6.81. The molecule has 0 radical (unpaired) electrons. The van der Waals surface area contributed by atoms with Crippen LogP contribution in [0.1, 0.15) is 51.9 Å². The molecule has 1 aliphatic carbocycles. The molecular weight excluding hydrogens is 444 g/mol. The second-order valence-corrected chi connectivity index (χ2v) is 11.5. The number of H-pyrrole nitrogens is 1. The summed E-state index contributed by atoms with van der Waals surface area (Å²) in [6.45, 7) is 2.59. The standard InChI is InChI=1S/C22H34N6O4S/c1-3-22(26-21(29)30)10-4-12-28(14-22)33(31,32)13-16-5-7-17(8-6-16)27(2)20-18-9-11-23-19(18)24-15-25-20/h9,11,15-17,26H,3-8,10,12-14H2,1-2H3,(H,29,30)(H,23,24,25). The summed E-state index contributed by atoms with van der Waals surface area (Å²) in [5.74, 6) is 1.14. The second kappa shape index (κ2) is 9.46. The van der Waals surface area contributed by atoms with E-state index in [-0.39, 0.29) is 18.2 Å². The predicted octanol–water partition coefficient (Wildman–Crippen LogP) is 2.79. The molecule has 0 spiro atoms. The van der Waals surface area contributed by atoms with Crippen molar-refractivity contribution in [3.8, 4) is 0 Å². The van der Waals surface area contributed by atoms with Gasteiger partial charge in [0.15, 0.2) is 0 Å². The molecule has 33 heavy (non-hydrogen) atoms. The largest absolute Gasteiger partial charge is 0.465 e. The van der Waals surface area contributed by atoms with Crippen molar-refractivity contribution in [1.82, 2.24) is 24.6 Å². The molecule has 1 aliphatic heterocycles. The predicted molar refractivity (Wildman–Crippen MR) is 127 cm³/mol. The van der Waals surface area contributed by atoms with Crippen LogP contribution in [0.3, 0.4) is 0 Å². The number of rotatable bonds is 7. The molecule has 2 aliphatic rings. The molecule has 10 nitrogen and oxygen atoms in total. The molecule has 1 atom stereocenters. The van der Waals surface area contributed by atoms with Gasteiger partial charge in [0.05, 0.1) is 16.7 Å².